The van der Waals surface area contributed by atoms with Gasteiger partial charge >= 0.3 is 0 Å². The van der Waals surface area contributed by atoms with Gasteiger partial charge in [-0.2, -0.15) is 0 Å². The molecule has 104 valence electrons. The third-order valence-electron chi connectivity index (χ3n) is 3.18. The quantitative estimate of drug-likeness (QED) is 0.346. The molecule has 0 aliphatic carbocycles. The molecule has 0 aliphatic heterocycles. The Kier molecular flexibility index (Phi) is 4.91. The minimum absolute atomic E-state index is 0.284. The molecule has 0 fully saturated rings. The van der Waals surface area contributed by atoms with Gasteiger partial charge in [-0.25, -0.2) is 8.78 Å². The van der Waals surface area contributed by atoms with E-state index >= 15 is 0 Å². The second-order valence-electron chi connectivity index (χ2n) is 4.61. The van der Waals surface area contributed by atoms with Gasteiger partial charge in [-0.1, -0.05) is 71.1 Å². The third-order valence-corrected chi connectivity index (χ3v) is 4.31. The predicted octanol–water partition coefficient (Wildman–Crippen LogP) is 5.99. The van der Waals surface area contributed by atoms with Gasteiger partial charge in [0.15, 0.2) is 11.6 Å². The molecule has 0 bridgehead atoms. The number of hydrogen-bond donors (Lipinski definition) is 0. The molecule has 2 aromatic carbocycles. The summed E-state index contributed by atoms with van der Waals surface area (Å²) in [7, 11) is 0. The summed E-state index contributed by atoms with van der Waals surface area (Å²) in [5, 5.41) is 0. The summed E-state index contributed by atoms with van der Waals surface area (Å²) in [6.45, 7) is 3.54. The summed E-state index contributed by atoms with van der Waals surface area (Å²) in [6, 6.07) is 10.8. The average molecular weight is 384 g/mol. The van der Waals surface area contributed by atoms with Crippen molar-refractivity contribution in [2.45, 2.75) is 17.8 Å². The molecule has 1 atom stereocenters. The highest BCUT2D eigenvalue weighted by molar-refractivity contribution is 14.1. The fourth-order valence-corrected chi connectivity index (χ4v) is 2.83. The molecule has 0 saturated carbocycles. The maximum atomic E-state index is 13.9. The SMILES string of the molecule is CC=CC(I)c1ccc(-c2ccc(C)c(F)c2F)cc1. The van der Waals surface area contributed by atoms with Gasteiger partial charge in [-0.15, -0.1) is 0 Å². The van der Waals surface area contributed by atoms with Crippen LogP contribution >= 0.6 is 22.6 Å². The Morgan fingerprint density at radius 2 is 1.65 bits per heavy atom. The lowest BCUT2D eigenvalue weighted by Gasteiger charge is -2.09. The van der Waals surface area contributed by atoms with E-state index < -0.39 is 11.6 Å². The molecule has 0 saturated heterocycles. The average Bonchev–Trinajstić information content (AvgIpc) is 2.45. The highest BCUT2D eigenvalue weighted by Crippen LogP contribution is 2.30. The van der Waals surface area contributed by atoms with Crippen LogP contribution in [0.1, 0.15) is 22.0 Å². The van der Waals surface area contributed by atoms with Crippen LogP contribution in [-0.4, -0.2) is 0 Å². The zero-order valence-corrected chi connectivity index (χ0v) is 13.5. The fraction of sp³-hybridized carbons (Fsp3) is 0.176. The van der Waals surface area contributed by atoms with Gasteiger partial charge in [-0.3, -0.25) is 0 Å². The van der Waals surface area contributed by atoms with E-state index in [1.54, 1.807) is 19.1 Å². The van der Waals surface area contributed by atoms with Crippen molar-refractivity contribution in [3.63, 3.8) is 0 Å². The summed E-state index contributed by atoms with van der Waals surface area (Å²) >= 11 is 2.33. The summed E-state index contributed by atoms with van der Waals surface area (Å²) in [5.74, 6) is -1.55. The van der Waals surface area contributed by atoms with Crippen molar-refractivity contribution in [1.82, 2.24) is 0 Å². The van der Waals surface area contributed by atoms with Gasteiger partial charge in [0.25, 0.3) is 0 Å². The van der Waals surface area contributed by atoms with E-state index in [0.717, 1.165) is 5.56 Å². The second-order valence-corrected chi connectivity index (χ2v) is 5.95. The first-order valence-electron chi connectivity index (χ1n) is 6.36. The van der Waals surface area contributed by atoms with E-state index in [1.807, 2.05) is 37.3 Å². The minimum atomic E-state index is -0.780. The van der Waals surface area contributed by atoms with Gasteiger partial charge in [0, 0.05) is 5.56 Å². The van der Waals surface area contributed by atoms with E-state index in [9.17, 15) is 8.78 Å². The number of hydrogen-bond acceptors (Lipinski definition) is 0. The van der Waals surface area contributed by atoms with Crippen molar-refractivity contribution in [2.24, 2.45) is 0 Å². The van der Waals surface area contributed by atoms with Gasteiger partial charge < -0.3 is 0 Å². The number of halogens is 3. The van der Waals surface area contributed by atoms with Gasteiger partial charge in [0.1, 0.15) is 0 Å². The first-order chi connectivity index (χ1) is 9.54. The van der Waals surface area contributed by atoms with Crippen LogP contribution in [0.25, 0.3) is 11.1 Å². The Balaban J connectivity index is 2.38. The molecule has 0 spiro atoms. The Hall–Kier alpha value is -1.23. The Labute approximate surface area is 131 Å². The third kappa shape index (κ3) is 3.08. The van der Waals surface area contributed by atoms with Crippen LogP contribution in [0.15, 0.2) is 48.6 Å². The lowest BCUT2D eigenvalue weighted by Crippen LogP contribution is -1.93. The van der Waals surface area contributed by atoms with Crippen molar-refractivity contribution in [2.75, 3.05) is 0 Å². The molecule has 0 radical (unpaired) electrons. The van der Waals surface area contributed by atoms with Crippen LogP contribution in [-0.2, 0) is 0 Å². The standard InChI is InChI=1S/C17H15F2I/c1-3-4-15(20)13-8-6-12(7-9-13)14-10-5-11(2)16(18)17(14)19/h3-10,15H,1-2H3. The molecule has 3 heteroatoms. The maximum Gasteiger partial charge on any atom is 0.166 e. The second kappa shape index (κ2) is 6.48. The molecule has 0 nitrogen and oxygen atoms in total. The van der Waals surface area contributed by atoms with E-state index in [-0.39, 0.29) is 3.92 Å². The van der Waals surface area contributed by atoms with Crippen molar-refractivity contribution in [1.29, 1.82) is 0 Å². The Morgan fingerprint density at radius 3 is 2.25 bits per heavy atom. The molecule has 1 unspecified atom stereocenters. The number of aryl methyl sites for hydroxylation is 1. The van der Waals surface area contributed by atoms with E-state index in [2.05, 4.69) is 28.7 Å². The zero-order valence-electron chi connectivity index (χ0n) is 11.3. The summed E-state index contributed by atoms with van der Waals surface area (Å²) < 4.78 is 27.8. The normalized spacial score (nSPS) is 12.8. The van der Waals surface area contributed by atoms with Crippen molar-refractivity contribution < 1.29 is 8.78 Å². The van der Waals surface area contributed by atoms with Crippen LogP contribution in [0.2, 0.25) is 0 Å². The number of benzene rings is 2. The molecular weight excluding hydrogens is 369 g/mol. The van der Waals surface area contributed by atoms with E-state index in [0.29, 0.717) is 16.7 Å². The molecule has 2 rings (SSSR count). The summed E-state index contributed by atoms with van der Waals surface area (Å²) in [6.07, 6.45) is 4.09. The van der Waals surface area contributed by atoms with Crippen molar-refractivity contribution in [3.8, 4) is 11.1 Å². The van der Waals surface area contributed by atoms with Crippen LogP contribution in [0.3, 0.4) is 0 Å². The van der Waals surface area contributed by atoms with Crippen LogP contribution in [0.4, 0.5) is 8.78 Å². The lowest BCUT2D eigenvalue weighted by molar-refractivity contribution is 0.505. The highest BCUT2D eigenvalue weighted by Gasteiger charge is 2.12. The molecule has 0 heterocycles. The first kappa shape index (κ1) is 15.2. The molecule has 0 aliphatic rings. The Bertz CT molecular complexity index is 630. The smallest absolute Gasteiger partial charge is 0.166 e. The van der Waals surface area contributed by atoms with Crippen LogP contribution in [0, 0.1) is 18.6 Å². The van der Waals surface area contributed by atoms with Gasteiger partial charge in [0.2, 0.25) is 0 Å². The number of alkyl halides is 1. The van der Waals surface area contributed by atoms with Crippen LogP contribution in [0.5, 0.6) is 0 Å². The molecule has 0 amide bonds. The van der Waals surface area contributed by atoms with Gasteiger partial charge in [-0.05, 0) is 30.5 Å². The molecule has 0 aromatic heterocycles. The van der Waals surface area contributed by atoms with Crippen molar-refractivity contribution >= 4 is 22.6 Å². The number of allylic oxidation sites excluding steroid dienone is 2. The van der Waals surface area contributed by atoms with E-state index in [1.165, 1.54) is 0 Å². The number of rotatable bonds is 3. The van der Waals surface area contributed by atoms with Crippen LogP contribution < -0.4 is 0 Å². The van der Waals surface area contributed by atoms with Crippen molar-refractivity contribution in [3.05, 3.63) is 71.3 Å². The molecule has 0 N–H and O–H groups in total. The topological polar surface area (TPSA) is 0 Å². The molecule has 20 heavy (non-hydrogen) atoms. The highest BCUT2D eigenvalue weighted by atomic mass is 127. The Morgan fingerprint density at radius 1 is 1.00 bits per heavy atom. The minimum Gasteiger partial charge on any atom is -0.203 e. The summed E-state index contributed by atoms with van der Waals surface area (Å²) in [4.78, 5) is 0. The zero-order chi connectivity index (χ0) is 14.7. The monoisotopic (exact) mass is 384 g/mol. The molecular formula is C17H15F2I. The summed E-state index contributed by atoms with van der Waals surface area (Å²) in [5.41, 5.74) is 2.45. The fourth-order valence-electron chi connectivity index (χ4n) is 2.00. The van der Waals surface area contributed by atoms with E-state index in [4.69, 9.17) is 0 Å². The predicted molar refractivity (Wildman–Crippen MR) is 88.1 cm³/mol. The first-order valence-corrected chi connectivity index (χ1v) is 7.61. The lowest BCUT2D eigenvalue weighted by atomic mass is 10.0. The van der Waals surface area contributed by atoms with Gasteiger partial charge in [0.05, 0.1) is 3.92 Å². The molecule has 2 aromatic rings. The largest absolute Gasteiger partial charge is 0.203 e. The maximum absolute atomic E-state index is 13.9.